The predicted molar refractivity (Wildman–Crippen MR) is 83.3 cm³/mol. The van der Waals surface area contributed by atoms with Gasteiger partial charge in [-0.15, -0.1) is 0 Å². The average molecular weight is 282 g/mol. The summed E-state index contributed by atoms with van der Waals surface area (Å²) in [7, 11) is 1.94. The van der Waals surface area contributed by atoms with Gasteiger partial charge in [0.25, 0.3) is 0 Å². The monoisotopic (exact) mass is 282 g/mol. The molecular weight excluding hydrogens is 264 g/mol. The molecule has 0 saturated carbocycles. The van der Waals surface area contributed by atoms with E-state index in [1.165, 1.54) is 5.56 Å². The molecule has 0 bridgehead atoms. The molecule has 1 aliphatic carbocycles. The molecule has 3 rings (SSSR count). The second kappa shape index (κ2) is 5.44. The number of fused-ring (bicyclic) bond motifs is 1. The maximum Gasteiger partial charge on any atom is 0.173 e. The van der Waals surface area contributed by atoms with E-state index in [2.05, 4.69) is 5.16 Å². The van der Waals surface area contributed by atoms with E-state index in [0.29, 0.717) is 5.56 Å². The molecule has 0 fully saturated rings. The molecule has 0 amide bonds. The van der Waals surface area contributed by atoms with Crippen molar-refractivity contribution in [1.29, 1.82) is 0 Å². The first-order chi connectivity index (χ1) is 10.2. The van der Waals surface area contributed by atoms with Crippen molar-refractivity contribution in [3.8, 4) is 0 Å². The Morgan fingerprint density at radius 2 is 2.05 bits per heavy atom. The van der Waals surface area contributed by atoms with E-state index in [4.69, 9.17) is 15.9 Å². The minimum Gasteiger partial charge on any atom is -0.409 e. The van der Waals surface area contributed by atoms with Gasteiger partial charge in [0.05, 0.1) is 5.56 Å². The minimum absolute atomic E-state index is 0.0926. The lowest BCUT2D eigenvalue weighted by molar-refractivity contribution is 0.318. The Morgan fingerprint density at radius 3 is 2.76 bits per heavy atom. The molecule has 1 aromatic carbocycles. The van der Waals surface area contributed by atoms with Crippen LogP contribution in [0.5, 0.6) is 0 Å². The molecule has 0 radical (unpaired) electrons. The predicted octanol–water partition coefficient (Wildman–Crippen LogP) is 2.43. The Morgan fingerprint density at radius 1 is 1.29 bits per heavy atom. The highest BCUT2D eigenvalue weighted by molar-refractivity contribution is 6.02. The zero-order valence-electron chi connectivity index (χ0n) is 12.0. The number of anilines is 2. The molecule has 0 saturated heterocycles. The van der Waals surface area contributed by atoms with Crippen molar-refractivity contribution in [2.45, 2.75) is 19.3 Å². The third-order valence-electron chi connectivity index (χ3n) is 3.88. The van der Waals surface area contributed by atoms with Gasteiger partial charge in [0, 0.05) is 18.4 Å². The van der Waals surface area contributed by atoms with Crippen LogP contribution in [0.25, 0.3) is 0 Å². The van der Waals surface area contributed by atoms with Gasteiger partial charge < -0.3 is 15.8 Å². The fraction of sp³-hybridized carbons (Fsp3) is 0.250. The number of nitrogens with zero attached hydrogens (tertiary/aromatic N) is 3. The van der Waals surface area contributed by atoms with E-state index in [1.54, 1.807) is 0 Å². The van der Waals surface area contributed by atoms with Crippen LogP contribution in [0.3, 0.4) is 0 Å². The summed E-state index contributed by atoms with van der Waals surface area (Å²) < 4.78 is 0. The molecule has 21 heavy (non-hydrogen) atoms. The largest absolute Gasteiger partial charge is 0.409 e. The minimum atomic E-state index is 0.0926. The number of rotatable bonds is 3. The summed E-state index contributed by atoms with van der Waals surface area (Å²) in [6.07, 6.45) is 3.10. The van der Waals surface area contributed by atoms with Crippen molar-refractivity contribution in [3.05, 3.63) is 53.2 Å². The number of aryl methyl sites for hydroxylation is 2. The van der Waals surface area contributed by atoms with Gasteiger partial charge in [-0.2, -0.15) is 0 Å². The summed E-state index contributed by atoms with van der Waals surface area (Å²) in [6, 6.07) is 11.9. The van der Waals surface area contributed by atoms with Crippen LogP contribution < -0.4 is 10.6 Å². The lowest BCUT2D eigenvalue weighted by Gasteiger charge is -2.22. The van der Waals surface area contributed by atoms with E-state index in [0.717, 1.165) is 36.5 Å². The van der Waals surface area contributed by atoms with Gasteiger partial charge in [-0.1, -0.05) is 23.4 Å². The van der Waals surface area contributed by atoms with Gasteiger partial charge in [-0.05, 0) is 43.0 Å². The summed E-state index contributed by atoms with van der Waals surface area (Å²) in [4.78, 5) is 6.72. The highest BCUT2D eigenvalue weighted by Crippen LogP contribution is 2.30. The van der Waals surface area contributed by atoms with Gasteiger partial charge in [0.1, 0.15) is 5.82 Å². The number of para-hydroxylation sites is 1. The highest BCUT2D eigenvalue weighted by Gasteiger charge is 2.21. The van der Waals surface area contributed by atoms with Gasteiger partial charge in [0.15, 0.2) is 5.84 Å². The van der Waals surface area contributed by atoms with Crippen LogP contribution >= 0.6 is 0 Å². The summed E-state index contributed by atoms with van der Waals surface area (Å²) in [5.74, 6) is 0.812. The number of pyridine rings is 1. The van der Waals surface area contributed by atoms with Crippen molar-refractivity contribution in [2.75, 3.05) is 11.9 Å². The molecular formula is C16H18N4O. The SMILES string of the molecule is CN(c1ccccc1)c1nc2c(cc1C(N)=NO)CCC2. The summed E-state index contributed by atoms with van der Waals surface area (Å²) in [5, 5.41) is 12.2. The van der Waals surface area contributed by atoms with Crippen molar-refractivity contribution in [1.82, 2.24) is 4.98 Å². The highest BCUT2D eigenvalue weighted by atomic mass is 16.4. The first kappa shape index (κ1) is 13.4. The molecule has 0 atom stereocenters. The van der Waals surface area contributed by atoms with Crippen LogP contribution in [0.1, 0.15) is 23.2 Å². The third-order valence-corrected chi connectivity index (χ3v) is 3.88. The Kier molecular flexibility index (Phi) is 3.48. The van der Waals surface area contributed by atoms with Gasteiger partial charge >= 0.3 is 0 Å². The molecule has 0 aliphatic heterocycles. The van der Waals surface area contributed by atoms with Gasteiger partial charge in [0.2, 0.25) is 0 Å². The second-order valence-electron chi connectivity index (χ2n) is 5.20. The molecule has 0 unspecified atom stereocenters. The van der Waals surface area contributed by atoms with Crippen LogP contribution in [-0.4, -0.2) is 23.1 Å². The maximum absolute atomic E-state index is 9.03. The molecule has 1 aromatic heterocycles. The van der Waals surface area contributed by atoms with Crippen LogP contribution in [0.2, 0.25) is 0 Å². The van der Waals surface area contributed by atoms with E-state index in [-0.39, 0.29) is 5.84 Å². The van der Waals surface area contributed by atoms with Crippen molar-refractivity contribution in [2.24, 2.45) is 10.9 Å². The number of aromatic nitrogens is 1. The number of hydrogen-bond donors (Lipinski definition) is 2. The molecule has 1 aliphatic rings. The van der Waals surface area contributed by atoms with Crippen molar-refractivity contribution < 1.29 is 5.21 Å². The molecule has 5 nitrogen and oxygen atoms in total. The average Bonchev–Trinajstić information content (AvgIpc) is 3.00. The second-order valence-corrected chi connectivity index (χ2v) is 5.20. The Labute approximate surface area is 123 Å². The van der Waals surface area contributed by atoms with Crippen molar-refractivity contribution >= 4 is 17.3 Å². The van der Waals surface area contributed by atoms with E-state index in [9.17, 15) is 0 Å². The molecule has 108 valence electrons. The molecule has 5 heteroatoms. The summed E-state index contributed by atoms with van der Waals surface area (Å²) >= 11 is 0. The van der Waals surface area contributed by atoms with E-state index in [1.807, 2.05) is 48.3 Å². The van der Waals surface area contributed by atoms with Gasteiger partial charge in [-0.25, -0.2) is 4.98 Å². The fourth-order valence-electron chi connectivity index (χ4n) is 2.73. The summed E-state index contributed by atoms with van der Waals surface area (Å²) in [6.45, 7) is 0. The number of benzene rings is 1. The number of oxime groups is 1. The zero-order valence-corrected chi connectivity index (χ0v) is 12.0. The van der Waals surface area contributed by atoms with Crippen LogP contribution in [0.15, 0.2) is 41.6 Å². The number of nitrogens with two attached hydrogens (primary N) is 1. The topological polar surface area (TPSA) is 74.7 Å². The van der Waals surface area contributed by atoms with Crippen molar-refractivity contribution in [3.63, 3.8) is 0 Å². The lowest BCUT2D eigenvalue weighted by atomic mass is 10.1. The van der Waals surface area contributed by atoms with Crippen LogP contribution in [-0.2, 0) is 12.8 Å². The molecule has 2 aromatic rings. The van der Waals surface area contributed by atoms with Crippen LogP contribution in [0, 0.1) is 0 Å². The van der Waals surface area contributed by atoms with Crippen LogP contribution in [0.4, 0.5) is 11.5 Å². The summed E-state index contributed by atoms with van der Waals surface area (Å²) in [5.41, 5.74) is 9.83. The van der Waals surface area contributed by atoms with Gasteiger partial charge in [-0.3, -0.25) is 0 Å². The zero-order chi connectivity index (χ0) is 14.8. The Bertz CT molecular complexity index is 682. The standard InChI is InChI=1S/C16H18N4O/c1-20(12-7-3-2-4-8-12)16-13(15(17)19-21)10-11-6-5-9-14(11)18-16/h2-4,7-8,10,21H,5-6,9H2,1H3,(H2,17,19). The molecule has 3 N–H and O–H groups in total. The number of amidine groups is 1. The quantitative estimate of drug-likeness (QED) is 0.392. The first-order valence-electron chi connectivity index (χ1n) is 7.00. The molecule has 1 heterocycles. The van der Waals surface area contributed by atoms with E-state index < -0.39 is 0 Å². The normalized spacial score (nSPS) is 14.0. The Balaban J connectivity index is 2.12. The fourth-order valence-corrected chi connectivity index (χ4v) is 2.73. The maximum atomic E-state index is 9.03. The smallest absolute Gasteiger partial charge is 0.173 e. The molecule has 0 spiro atoms. The first-order valence-corrected chi connectivity index (χ1v) is 7.00. The third kappa shape index (κ3) is 2.42. The Hall–Kier alpha value is -2.56. The lowest BCUT2D eigenvalue weighted by Crippen LogP contribution is -2.21. The van der Waals surface area contributed by atoms with E-state index >= 15 is 0 Å². The number of hydrogen-bond acceptors (Lipinski definition) is 4.